The van der Waals surface area contributed by atoms with Crippen LogP contribution in [0, 0.1) is 0 Å². The maximum Gasteiger partial charge on any atom is 0.243 e. The summed E-state index contributed by atoms with van der Waals surface area (Å²) in [7, 11) is 1.98. The molecule has 3 nitrogen and oxygen atoms in total. The van der Waals surface area contributed by atoms with E-state index in [-0.39, 0.29) is 5.78 Å². The van der Waals surface area contributed by atoms with Crippen molar-refractivity contribution in [1.29, 1.82) is 0 Å². The van der Waals surface area contributed by atoms with Gasteiger partial charge in [-0.2, -0.15) is 0 Å². The third-order valence-electron chi connectivity index (χ3n) is 2.12. The fourth-order valence-corrected chi connectivity index (χ4v) is 1.27. The summed E-state index contributed by atoms with van der Waals surface area (Å²) in [4.78, 5) is 11.2. The molecule has 0 aliphatic rings. The summed E-state index contributed by atoms with van der Waals surface area (Å²) < 4.78 is 4.06. The molecule has 76 valence electrons. The van der Waals surface area contributed by atoms with Crippen LogP contribution in [0.15, 0.2) is 30.9 Å². The Bertz CT molecular complexity index is 339. The number of ketones is 1. The van der Waals surface area contributed by atoms with Crippen LogP contribution in [-0.2, 0) is 18.4 Å². The molecule has 0 atom stereocenters. The summed E-state index contributed by atoms with van der Waals surface area (Å²) in [5.41, 5.74) is 0.656. The van der Waals surface area contributed by atoms with Crippen molar-refractivity contribution < 1.29 is 9.36 Å². The van der Waals surface area contributed by atoms with Crippen LogP contribution in [0.3, 0.4) is 0 Å². The van der Waals surface area contributed by atoms with Gasteiger partial charge in [0, 0.05) is 6.42 Å². The van der Waals surface area contributed by atoms with Crippen LogP contribution in [-0.4, -0.2) is 10.4 Å². The predicted molar refractivity (Wildman–Crippen MR) is 54.7 cm³/mol. The molecule has 0 saturated heterocycles. The van der Waals surface area contributed by atoms with E-state index in [4.69, 9.17) is 0 Å². The van der Waals surface area contributed by atoms with Crippen molar-refractivity contribution in [2.75, 3.05) is 0 Å². The van der Waals surface area contributed by atoms with E-state index < -0.39 is 0 Å². The molecule has 0 aliphatic carbocycles. The number of hydrogen-bond acceptors (Lipinski definition) is 1. The average molecular weight is 193 g/mol. The van der Waals surface area contributed by atoms with Crippen molar-refractivity contribution in [3.05, 3.63) is 30.9 Å². The summed E-state index contributed by atoms with van der Waals surface area (Å²) in [5.74, 6) is 0.168. The maximum absolute atomic E-state index is 11.2. The van der Waals surface area contributed by atoms with Gasteiger partial charge in [0.1, 0.15) is 12.4 Å². The number of imidazole rings is 1. The Hall–Kier alpha value is -1.38. The zero-order valence-corrected chi connectivity index (χ0v) is 8.86. The van der Waals surface area contributed by atoms with E-state index >= 15 is 0 Å². The average Bonchev–Trinajstić information content (AvgIpc) is 2.51. The lowest BCUT2D eigenvalue weighted by Crippen LogP contribution is -2.23. The molecule has 0 amide bonds. The zero-order chi connectivity index (χ0) is 10.6. The first-order chi connectivity index (χ1) is 6.59. The van der Waals surface area contributed by atoms with Crippen molar-refractivity contribution in [2.45, 2.75) is 26.3 Å². The Labute approximate surface area is 84.7 Å². The third kappa shape index (κ3) is 3.17. The van der Waals surface area contributed by atoms with Crippen LogP contribution in [0.2, 0.25) is 0 Å². The molecular weight excluding hydrogens is 176 g/mol. The van der Waals surface area contributed by atoms with Gasteiger partial charge in [-0.25, -0.2) is 9.13 Å². The number of aromatic nitrogens is 2. The number of rotatable bonds is 5. The lowest BCUT2D eigenvalue weighted by atomic mass is 10.1. The molecule has 14 heavy (non-hydrogen) atoms. The zero-order valence-electron chi connectivity index (χ0n) is 8.86. The summed E-state index contributed by atoms with van der Waals surface area (Å²) in [6.45, 7) is 6.28. The van der Waals surface area contributed by atoms with E-state index in [0.29, 0.717) is 12.0 Å². The number of hydrogen-bond donors (Lipinski definition) is 0. The number of Topliss-reactive ketones (excluding diaryl/α,β-unsaturated/α-hetero) is 1. The Balaban J connectivity index is 2.29. The highest BCUT2D eigenvalue weighted by molar-refractivity contribution is 5.93. The van der Waals surface area contributed by atoms with Crippen molar-refractivity contribution in [3.63, 3.8) is 0 Å². The standard InChI is InChI=1S/C11H17N2O/c1-10(2)11(14)5-4-6-13-8-7-12(3)9-13/h7-9H,1,4-6H2,2-3H3/q+1. The number of carbonyl (C=O) groups is 1. The first-order valence-corrected chi connectivity index (χ1v) is 4.79. The van der Waals surface area contributed by atoms with Gasteiger partial charge in [0.15, 0.2) is 5.78 Å². The van der Waals surface area contributed by atoms with E-state index in [2.05, 4.69) is 11.1 Å². The molecule has 0 N–H and O–H groups in total. The Morgan fingerprint density at radius 2 is 2.29 bits per heavy atom. The number of nitrogens with zero attached hydrogens (tertiary/aromatic N) is 2. The Morgan fingerprint density at radius 3 is 2.79 bits per heavy atom. The minimum absolute atomic E-state index is 0.168. The van der Waals surface area contributed by atoms with E-state index in [1.165, 1.54) is 0 Å². The summed E-state index contributed by atoms with van der Waals surface area (Å²) in [6.07, 6.45) is 7.47. The fraction of sp³-hybridized carbons (Fsp3) is 0.455. The minimum Gasteiger partial charge on any atom is -0.295 e. The topological polar surface area (TPSA) is 25.9 Å². The molecule has 0 bridgehead atoms. The van der Waals surface area contributed by atoms with Gasteiger partial charge in [-0.15, -0.1) is 0 Å². The molecule has 1 aromatic heterocycles. The van der Waals surface area contributed by atoms with Crippen LogP contribution in [0.25, 0.3) is 0 Å². The molecule has 1 aromatic rings. The normalized spacial score (nSPS) is 10.1. The highest BCUT2D eigenvalue weighted by Crippen LogP contribution is 2.00. The molecule has 1 heterocycles. The lowest BCUT2D eigenvalue weighted by molar-refractivity contribution is -0.671. The highest BCUT2D eigenvalue weighted by Gasteiger charge is 2.04. The summed E-state index contributed by atoms with van der Waals surface area (Å²) >= 11 is 0. The van der Waals surface area contributed by atoms with E-state index in [1.54, 1.807) is 6.92 Å². The van der Waals surface area contributed by atoms with Gasteiger partial charge in [-0.05, 0) is 18.9 Å². The predicted octanol–water partition coefficient (Wildman–Crippen LogP) is 1.24. The van der Waals surface area contributed by atoms with Crippen LogP contribution in [0.4, 0.5) is 0 Å². The van der Waals surface area contributed by atoms with Gasteiger partial charge in [0.25, 0.3) is 0 Å². The molecule has 0 saturated carbocycles. The second-order valence-corrected chi connectivity index (χ2v) is 3.62. The van der Waals surface area contributed by atoms with Gasteiger partial charge in [0.2, 0.25) is 6.33 Å². The van der Waals surface area contributed by atoms with Crippen molar-refractivity contribution in [3.8, 4) is 0 Å². The van der Waals surface area contributed by atoms with E-state index in [9.17, 15) is 4.79 Å². The first kappa shape index (κ1) is 10.7. The molecule has 0 aromatic carbocycles. The quantitative estimate of drug-likeness (QED) is 0.510. The maximum atomic E-state index is 11.2. The van der Waals surface area contributed by atoms with Gasteiger partial charge < -0.3 is 0 Å². The number of allylic oxidation sites excluding steroid dienone is 1. The Morgan fingerprint density at radius 1 is 1.57 bits per heavy atom. The minimum atomic E-state index is 0.168. The third-order valence-corrected chi connectivity index (χ3v) is 2.12. The molecule has 0 spiro atoms. The fourth-order valence-electron chi connectivity index (χ4n) is 1.27. The molecule has 3 heteroatoms. The molecule has 0 aliphatic heterocycles. The monoisotopic (exact) mass is 193 g/mol. The first-order valence-electron chi connectivity index (χ1n) is 4.79. The highest BCUT2D eigenvalue weighted by atomic mass is 16.1. The Kier molecular flexibility index (Phi) is 3.63. The second kappa shape index (κ2) is 4.74. The molecule has 1 rings (SSSR count). The number of carbonyl (C=O) groups excluding carboxylic acids is 1. The van der Waals surface area contributed by atoms with Crippen molar-refractivity contribution in [1.82, 2.24) is 4.57 Å². The molecular formula is C11H17N2O+. The second-order valence-electron chi connectivity index (χ2n) is 3.62. The van der Waals surface area contributed by atoms with Crippen LogP contribution >= 0.6 is 0 Å². The number of aryl methyl sites for hydroxylation is 2. The van der Waals surface area contributed by atoms with Crippen LogP contribution < -0.4 is 4.57 Å². The smallest absolute Gasteiger partial charge is 0.243 e. The van der Waals surface area contributed by atoms with Crippen molar-refractivity contribution >= 4 is 5.78 Å². The van der Waals surface area contributed by atoms with Gasteiger partial charge in [-0.1, -0.05) is 6.58 Å². The van der Waals surface area contributed by atoms with Crippen molar-refractivity contribution in [2.24, 2.45) is 7.05 Å². The lowest BCUT2D eigenvalue weighted by Gasteiger charge is -1.97. The van der Waals surface area contributed by atoms with Crippen LogP contribution in [0.1, 0.15) is 19.8 Å². The van der Waals surface area contributed by atoms with Gasteiger partial charge >= 0.3 is 0 Å². The van der Waals surface area contributed by atoms with E-state index in [0.717, 1.165) is 13.0 Å². The van der Waals surface area contributed by atoms with Gasteiger partial charge in [-0.3, -0.25) is 4.79 Å². The molecule has 0 radical (unpaired) electrons. The summed E-state index contributed by atoms with van der Waals surface area (Å²) in [6, 6.07) is 0. The molecule has 0 unspecified atom stereocenters. The van der Waals surface area contributed by atoms with Crippen LogP contribution in [0.5, 0.6) is 0 Å². The SMILES string of the molecule is C=C(C)C(=O)CCCn1cc[n+](C)c1. The molecule has 0 fully saturated rings. The summed E-state index contributed by atoms with van der Waals surface area (Å²) in [5, 5.41) is 0. The van der Waals surface area contributed by atoms with Gasteiger partial charge in [0.05, 0.1) is 13.6 Å². The van der Waals surface area contributed by atoms with E-state index in [1.807, 2.05) is 30.3 Å². The largest absolute Gasteiger partial charge is 0.295 e.